The average molecular weight is 370 g/mol. The first-order chi connectivity index (χ1) is 13.1. The highest BCUT2D eigenvalue weighted by molar-refractivity contribution is 5.94. The fraction of sp³-hybridized carbons (Fsp3) is 0.368. The normalized spacial score (nSPS) is 15.0. The molecule has 0 unspecified atom stereocenters. The van der Waals surface area contributed by atoms with Gasteiger partial charge in [0, 0.05) is 17.5 Å². The van der Waals surface area contributed by atoms with Crippen molar-refractivity contribution in [1.29, 1.82) is 0 Å². The molecule has 1 N–H and O–H groups in total. The summed E-state index contributed by atoms with van der Waals surface area (Å²) in [6.07, 6.45) is 4.81. The Bertz CT molecular complexity index is 948. The highest BCUT2D eigenvalue weighted by Crippen LogP contribution is 2.24. The fourth-order valence-electron chi connectivity index (χ4n) is 3.19. The topological polar surface area (TPSA) is 94.1 Å². The van der Waals surface area contributed by atoms with Crippen molar-refractivity contribution in [3.63, 3.8) is 0 Å². The number of hydrogen-bond acceptors (Lipinski definition) is 6. The number of aryl methyl sites for hydroxylation is 1. The van der Waals surface area contributed by atoms with E-state index < -0.39 is 6.04 Å². The Labute approximate surface area is 154 Å². The van der Waals surface area contributed by atoms with Crippen LogP contribution in [0.25, 0.3) is 11.4 Å². The van der Waals surface area contributed by atoms with Crippen molar-refractivity contribution < 1.29 is 18.2 Å². The van der Waals surface area contributed by atoms with Crippen LogP contribution in [-0.4, -0.2) is 21.2 Å². The molecule has 0 saturated carbocycles. The zero-order valence-corrected chi connectivity index (χ0v) is 14.9. The molecule has 27 heavy (non-hydrogen) atoms. The predicted molar refractivity (Wildman–Crippen MR) is 93.3 cm³/mol. The van der Waals surface area contributed by atoms with E-state index in [1.54, 1.807) is 19.1 Å². The zero-order valence-electron chi connectivity index (χ0n) is 14.9. The van der Waals surface area contributed by atoms with Crippen LogP contribution in [0.2, 0.25) is 0 Å². The predicted octanol–water partition coefficient (Wildman–Crippen LogP) is 3.62. The Morgan fingerprint density at radius 3 is 2.70 bits per heavy atom. The number of halogens is 1. The van der Waals surface area contributed by atoms with Crippen LogP contribution in [0.3, 0.4) is 0 Å². The molecule has 2 aromatic heterocycles. The first-order valence-corrected chi connectivity index (χ1v) is 8.99. The van der Waals surface area contributed by atoms with Gasteiger partial charge in [0.05, 0.1) is 0 Å². The third-order valence-electron chi connectivity index (χ3n) is 4.68. The molecule has 1 aromatic carbocycles. The fourth-order valence-corrected chi connectivity index (χ4v) is 3.19. The van der Waals surface area contributed by atoms with E-state index in [1.165, 1.54) is 12.1 Å². The summed E-state index contributed by atoms with van der Waals surface area (Å²) in [6, 6.07) is 5.28. The van der Waals surface area contributed by atoms with Crippen molar-refractivity contribution >= 4 is 5.91 Å². The van der Waals surface area contributed by atoms with Crippen LogP contribution in [0.15, 0.2) is 33.3 Å². The van der Waals surface area contributed by atoms with Crippen molar-refractivity contribution in [1.82, 2.24) is 20.6 Å². The summed E-state index contributed by atoms with van der Waals surface area (Å²) in [7, 11) is 0. The Balaban J connectivity index is 1.48. The Morgan fingerprint density at radius 1 is 1.11 bits per heavy atom. The molecule has 1 aliphatic carbocycles. The highest BCUT2D eigenvalue weighted by atomic mass is 19.1. The smallest absolute Gasteiger partial charge is 0.274 e. The van der Waals surface area contributed by atoms with Crippen LogP contribution < -0.4 is 5.32 Å². The van der Waals surface area contributed by atoms with Crippen molar-refractivity contribution in [2.45, 2.75) is 45.1 Å². The number of nitrogens with zero attached hydrogens (tertiary/aromatic N) is 3. The number of aromatic nitrogens is 3. The van der Waals surface area contributed by atoms with E-state index >= 15 is 0 Å². The van der Waals surface area contributed by atoms with Crippen LogP contribution in [0.4, 0.5) is 4.39 Å². The summed E-state index contributed by atoms with van der Waals surface area (Å²) in [6.45, 7) is 1.75. The number of benzene rings is 1. The molecule has 0 radical (unpaired) electrons. The molecule has 0 aliphatic heterocycles. The molecule has 1 aliphatic rings. The van der Waals surface area contributed by atoms with Crippen molar-refractivity contribution in [2.24, 2.45) is 0 Å². The minimum Gasteiger partial charge on any atom is -0.360 e. The molecule has 0 spiro atoms. The van der Waals surface area contributed by atoms with Gasteiger partial charge in [0.1, 0.15) is 17.6 Å². The largest absolute Gasteiger partial charge is 0.360 e. The Morgan fingerprint density at radius 2 is 1.89 bits per heavy atom. The van der Waals surface area contributed by atoms with E-state index in [4.69, 9.17) is 9.05 Å². The Hall–Kier alpha value is -3.03. The van der Waals surface area contributed by atoms with Crippen molar-refractivity contribution in [3.05, 3.63) is 53.0 Å². The minimum atomic E-state index is -0.502. The first kappa shape index (κ1) is 17.4. The lowest BCUT2D eigenvalue weighted by Gasteiger charge is -2.08. The van der Waals surface area contributed by atoms with Crippen LogP contribution in [0.1, 0.15) is 59.9 Å². The Kier molecular flexibility index (Phi) is 4.70. The molecular weight excluding hydrogens is 351 g/mol. The van der Waals surface area contributed by atoms with Crippen molar-refractivity contribution in [2.75, 3.05) is 0 Å². The number of carbonyl (C=O) groups excluding carboxylic acids is 1. The molecule has 1 atom stereocenters. The summed E-state index contributed by atoms with van der Waals surface area (Å²) < 4.78 is 23.6. The third kappa shape index (κ3) is 3.60. The van der Waals surface area contributed by atoms with Crippen LogP contribution in [-0.2, 0) is 12.8 Å². The van der Waals surface area contributed by atoms with Crippen LogP contribution >= 0.6 is 0 Å². The molecule has 0 bridgehead atoms. The number of amides is 1. The molecule has 8 heteroatoms. The molecule has 0 fully saturated rings. The van der Waals surface area contributed by atoms with E-state index in [-0.39, 0.29) is 17.6 Å². The zero-order chi connectivity index (χ0) is 18.8. The number of nitrogens with one attached hydrogen (secondary N) is 1. The van der Waals surface area contributed by atoms with E-state index in [1.807, 2.05) is 0 Å². The molecular formula is C19H19FN4O3. The van der Waals surface area contributed by atoms with E-state index in [2.05, 4.69) is 20.6 Å². The van der Waals surface area contributed by atoms with Gasteiger partial charge in [-0.3, -0.25) is 4.79 Å². The molecule has 4 rings (SSSR count). The lowest BCUT2D eigenvalue weighted by atomic mass is 10.1. The second kappa shape index (κ2) is 7.30. The second-order valence-corrected chi connectivity index (χ2v) is 6.65. The van der Waals surface area contributed by atoms with Gasteiger partial charge in [-0.15, -0.1) is 0 Å². The monoisotopic (exact) mass is 370 g/mol. The number of hydrogen-bond donors (Lipinski definition) is 1. The number of rotatable bonds is 4. The molecule has 1 amide bonds. The van der Waals surface area contributed by atoms with Gasteiger partial charge in [0.15, 0.2) is 5.69 Å². The lowest BCUT2D eigenvalue weighted by molar-refractivity contribution is 0.0922. The van der Waals surface area contributed by atoms with Gasteiger partial charge >= 0.3 is 0 Å². The van der Waals surface area contributed by atoms with Crippen molar-refractivity contribution in [3.8, 4) is 11.4 Å². The average Bonchev–Trinajstić information content (AvgIpc) is 3.25. The highest BCUT2D eigenvalue weighted by Gasteiger charge is 2.25. The molecule has 140 valence electrons. The van der Waals surface area contributed by atoms with Gasteiger partial charge in [-0.1, -0.05) is 16.7 Å². The van der Waals surface area contributed by atoms with Crippen LogP contribution in [0.5, 0.6) is 0 Å². The summed E-state index contributed by atoms with van der Waals surface area (Å²) in [5.41, 5.74) is 1.86. The van der Waals surface area contributed by atoms with Gasteiger partial charge in [-0.25, -0.2) is 4.39 Å². The molecule has 2 heterocycles. The summed E-state index contributed by atoms with van der Waals surface area (Å²) in [5.74, 6) is 0.742. The minimum absolute atomic E-state index is 0.261. The molecule has 3 aromatic rings. The van der Waals surface area contributed by atoms with Gasteiger partial charge in [-0.2, -0.15) is 4.98 Å². The van der Waals surface area contributed by atoms with Gasteiger partial charge in [0.25, 0.3) is 5.91 Å². The van der Waals surface area contributed by atoms with E-state index in [0.717, 1.165) is 43.4 Å². The van der Waals surface area contributed by atoms with E-state index in [9.17, 15) is 9.18 Å². The quantitative estimate of drug-likeness (QED) is 0.705. The maximum atomic E-state index is 13.0. The maximum Gasteiger partial charge on any atom is 0.274 e. The first-order valence-electron chi connectivity index (χ1n) is 8.99. The van der Waals surface area contributed by atoms with Crippen LogP contribution in [0, 0.1) is 5.82 Å². The summed E-state index contributed by atoms with van der Waals surface area (Å²) in [5, 5.41) is 10.7. The maximum absolute atomic E-state index is 13.0. The lowest BCUT2D eigenvalue weighted by Crippen LogP contribution is -2.28. The standard InChI is InChI=1S/C19H19FN4O3/c1-11(19-22-17(24-27-19)12-7-9-13(20)10-8-12)21-18(25)16-14-5-3-2-4-6-15(14)26-23-16/h7-11H,2-6H2,1H3,(H,21,25)/t11-/m0/s1. The summed E-state index contributed by atoms with van der Waals surface area (Å²) in [4.78, 5) is 16.9. The van der Waals surface area contributed by atoms with Gasteiger partial charge in [0.2, 0.25) is 11.7 Å². The SMILES string of the molecule is C[C@H](NC(=O)c1noc2c1CCCCC2)c1nc(-c2ccc(F)cc2)no1. The van der Waals surface area contributed by atoms with Gasteiger partial charge in [-0.05, 0) is 50.5 Å². The van der Waals surface area contributed by atoms with Gasteiger partial charge < -0.3 is 14.4 Å². The number of fused-ring (bicyclic) bond motifs is 1. The molecule has 0 saturated heterocycles. The summed E-state index contributed by atoms with van der Waals surface area (Å²) >= 11 is 0. The van der Waals surface area contributed by atoms with E-state index in [0.29, 0.717) is 17.1 Å². The second-order valence-electron chi connectivity index (χ2n) is 6.65. The number of carbonyl (C=O) groups is 1. The third-order valence-corrected chi connectivity index (χ3v) is 4.68. The molecule has 7 nitrogen and oxygen atoms in total.